The second-order valence-corrected chi connectivity index (χ2v) is 7.53. The molecule has 0 unspecified atom stereocenters. The predicted octanol–water partition coefficient (Wildman–Crippen LogP) is 2.23. The van der Waals surface area contributed by atoms with Gasteiger partial charge in [0.05, 0.1) is 10.5 Å². The number of hydrogen-bond acceptors (Lipinski definition) is 5. The molecule has 0 aliphatic rings. The van der Waals surface area contributed by atoms with E-state index in [9.17, 15) is 13.2 Å². The number of carbonyl (C=O) groups is 1. The van der Waals surface area contributed by atoms with E-state index < -0.39 is 21.6 Å². The topological polar surface area (TPSA) is 92.7 Å². The molecule has 0 fully saturated rings. The van der Waals surface area contributed by atoms with Crippen molar-refractivity contribution < 1.29 is 23.2 Å². The van der Waals surface area contributed by atoms with Crippen molar-refractivity contribution in [1.29, 1.82) is 0 Å². The average Bonchev–Trinajstić information content (AvgIpc) is 2.24. The Morgan fingerprint density at radius 1 is 1.19 bits per heavy atom. The number of nitrogens with one attached hydrogen (secondary N) is 1. The number of benzene rings is 1. The maximum absolute atomic E-state index is 12.3. The zero-order valence-corrected chi connectivity index (χ0v) is 13.9. The van der Waals surface area contributed by atoms with Crippen LogP contribution in [0.1, 0.15) is 47.8 Å². The van der Waals surface area contributed by atoms with Gasteiger partial charge in [-0.1, -0.05) is 11.0 Å². The zero-order chi connectivity index (χ0) is 16.6. The van der Waals surface area contributed by atoms with E-state index in [0.717, 1.165) is 0 Å². The van der Waals surface area contributed by atoms with Crippen LogP contribution in [0.25, 0.3) is 0 Å². The van der Waals surface area contributed by atoms with E-state index in [0.29, 0.717) is 11.1 Å². The number of esters is 1. The molecule has 0 aliphatic heterocycles. The number of rotatable bonds is 3. The molecule has 2 N–H and O–H groups in total. The van der Waals surface area contributed by atoms with Crippen molar-refractivity contribution in [2.45, 2.75) is 52.0 Å². The van der Waals surface area contributed by atoms with Gasteiger partial charge in [-0.2, -0.15) is 0 Å². The van der Waals surface area contributed by atoms with Crippen LogP contribution in [0.15, 0.2) is 11.0 Å². The number of sulfonamides is 1. The Kier molecular flexibility index (Phi) is 4.82. The summed E-state index contributed by atoms with van der Waals surface area (Å²) in [5.74, 6) is -0.591. The lowest BCUT2D eigenvalue weighted by Gasteiger charge is -2.22. The molecule has 7 heteroatoms. The summed E-state index contributed by atoms with van der Waals surface area (Å²) in [6.45, 7) is 10.0. The third kappa shape index (κ3) is 3.81. The molecule has 1 aromatic carbocycles. The molecule has 0 saturated heterocycles. The highest BCUT2D eigenvalue weighted by atomic mass is 32.2. The Bertz CT molecular complexity index is 672. The fourth-order valence-electron chi connectivity index (χ4n) is 2.27. The monoisotopic (exact) mass is 315 g/mol. The van der Waals surface area contributed by atoms with Gasteiger partial charge in [0, 0.05) is 0 Å². The van der Waals surface area contributed by atoms with Gasteiger partial charge in [-0.3, -0.25) is 0 Å². The molecule has 0 amide bonds. The van der Waals surface area contributed by atoms with Gasteiger partial charge in [-0.05, 0) is 58.2 Å². The lowest BCUT2D eigenvalue weighted by molar-refractivity contribution is 0.00676. The summed E-state index contributed by atoms with van der Waals surface area (Å²) >= 11 is 0. The van der Waals surface area contributed by atoms with Crippen molar-refractivity contribution in [2.24, 2.45) is 0 Å². The molecule has 0 radical (unpaired) electrons. The van der Waals surface area contributed by atoms with Gasteiger partial charge in [0.2, 0.25) is 0 Å². The quantitative estimate of drug-likeness (QED) is 0.659. The summed E-state index contributed by atoms with van der Waals surface area (Å²) in [6, 6.07) is 1.58. The Hall–Kier alpha value is -1.44. The molecule has 0 spiro atoms. The van der Waals surface area contributed by atoms with Crippen LogP contribution >= 0.6 is 0 Å². The normalized spacial score (nSPS) is 12.3. The number of hydrogen-bond donors (Lipinski definition) is 2. The third-order valence-electron chi connectivity index (χ3n) is 2.89. The Labute approximate surface area is 125 Å². The molecule has 0 heterocycles. The minimum Gasteiger partial charge on any atom is -0.456 e. The van der Waals surface area contributed by atoms with Gasteiger partial charge in [-0.25, -0.2) is 13.2 Å². The van der Waals surface area contributed by atoms with Crippen LogP contribution < -0.4 is 4.89 Å². The molecule has 1 aromatic rings. The second-order valence-electron chi connectivity index (χ2n) is 5.94. The Morgan fingerprint density at radius 2 is 1.71 bits per heavy atom. The van der Waals surface area contributed by atoms with Crippen LogP contribution in [0.3, 0.4) is 0 Å². The van der Waals surface area contributed by atoms with Crippen molar-refractivity contribution in [3.63, 3.8) is 0 Å². The van der Waals surface area contributed by atoms with E-state index in [4.69, 9.17) is 9.94 Å². The van der Waals surface area contributed by atoms with Crippen molar-refractivity contribution in [1.82, 2.24) is 4.89 Å². The van der Waals surface area contributed by atoms with Crippen molar-refractivity contribution in [3.8, 4) is 0 Å². The average molecular weight is 315 g/mol. The largest absolute Gasteiger partial charge is 0.456 e. The highest BCUT2D eigenvalue weighted by Crippen LogP contribution is 2.27. The summed E-state index contributed by atoms with van der Waals surface area (Å²) in [4.78, 5) is 13.5. The third-order valence-corrected chi connectivity index (χ3v) is 4.30. The fraction of sp³-hybridized carbons (Fsp3) is 0.500. The molecule has 0 aromatic heterocycles. The standard InChI is InChI=1S/C14H21NO5S/c1-8-7-9(2)12(21(18,19)15-17)10(3)11(8)13(16)20-14(4,5)6/h7,15,17H,1-6H3. The number of carbonyl (C=O) groups excluding carboxylic acids is 1. The SMILES string of the molecule is Cc1cc(C)c(S(=O)(=O)NO)c(C)c1C(=O)OC(C)(C)C. The van der Waals surface area contributed by atoms with Crippen molar-refractivity contribution >= 4 is 16.0 Å². The molecule has 0 atom stereocenters. The summed E-state index contributed by atoms with van der Waals surface area (Å²) in [5, 5.41) is 8.83. The van der Waals surface area contributed by atoms with Gasteiger partial charge in [0.25, 0.3) is 10.0 Å². The first-order chi connectivity index (χ1) is 9.40. The van der Waals surface area contributed by atoms with Gasteiger partial charge in [0.15, 0.2) is 0 Å². The molecule has 21 heavy (non-hydrogen) atoms. The molecule has 0 aliphatic carbocycles. The van der Waals surface area contributed by atoms with Crippen molar-refractivity contribution in [3.05, 3.63) is 28.3 Å². The smallest absolute Gasteiger partial charge is 0.339 e. The van der Waals surface area contributed by atoms with E-state index in [1.165, 1.54) is 11.8 Å². The Morgan fingerprint density at radius 3 is 2.14 bits per heavy atom. The minimum atomic E-state index is -4.08. The number of ether oxygens (including phenoxy) is 1. The fourth-order valence-corrected chi connectivity index (χ4v) is 3.35. The molecule has 1 rings (SSSR count). The molecule has 6 nitrogen and oxygen atoms in total. The maximum Gasteiger partial charge on any atom is 0.339 e. The summed E-state index contributed by atoms with van der Waals surface area (Å²) in [5.41, 5.74) is 0.831. The molecule has 118 valence electrons. The van der Waals surface area contributed by atoms with Crippen molar-refractivity contribution in [2.75, 3.05) is 0 Å². The highest BCUT2D eigenvalue weighted by molar-refractivity contribution is 7.89. The van der Waals surface area contributed by atoms with Crippen LogP contribution in [-0.4, -0.2) is 25.2 Å². The highest BCUT2D eigenvalue weighted by Gasteiger charge is 2.27. The van der Waals surface area contributed by atoms with Gasteiger partial charge >= 0.3 is 5.97 Å². The molecule has 0 bridgehead atoms. The van der Waals surface area contributed by atoms with E-state index in [-0.39, 0.29) is 16.0 Å². The first kappa shape index (κ1) is 17.6. The molecular weight excluding hydrogens is 294 g/mol. The number of aryl methyl sites for hydroxylation is 2. The Balaban J connectivity index is 3.56. The first-order valence-corrected chi connectivity index (χ1v) is 7.89. The second kappa shape index (κ2) is 5.75. The van der Waals surface area contributed by atoms with Crippen LogP contribution in [-0.2, 0) is 14.8 Å². The van der Waals surface area contributed by atoms with E-state index in [2.05, 4.69) is 0 Å². The van der Waals surface area contributed by atoms with Gasteiger partial charge in [-0.15, -0.1) is 0 Å². The lowest BCUT2D eigenvalue weighted by atomic mass is 9.99. The first-order valence-electron chi connectivity index (χ1n) is 6.40. The van der Waals surface area contributed by atoms with Gasteiger partial charge in [0.1, 0.15) is 5.60 Å². The maximum atomic E-state index is 12.3. The summed E-state index contributed by atoms with van der Waals surface area (Å²) in [6.07, 6.45) is 0. The van der Waals surface area contributed by atoms with Crippen LogP contribution in [0, 0.1) is 20.8 Å². The predicted molar refractivity (Wildman–Crippen MR) is 77.9 cm³/mol. The summed E-state index contributed by atoms with van der Waals surface area (Å²) < 4.78 is 29.1. The molecule has 0 saturated carbocycles. The van der Waals surface area contributed by atoms with Crippen LogP contribution in [0.4, 0.5) is 0 Å². The van der Waals surface area contributed by atoms with Crippen LogP contribution in [0.2, 0.25) is 0 Å². The van der Waals surface area contributed by atoms with E-state index in [1.54, 1.807) is 40.7 Å². The van der Waals surface area contributed by atoms with Gasteiger partial charge < -0.3 is 9.94 Å². The minimum absolute atomic E-state index is 0.114. The zero-order valence-electron chi connectivity index (χ0n) is 13.1. The van der Waals surface area contributed by atoms with E-state index >= 15 is 0 Å². The lowest BCUT2D eigenvalue weighted by Crippen LogP contribution is -2.27. The molecular formula is C14H21NO5S. The summed E-state index contributed by atoms with van der Waals surface area (Å²) in [7, 11) is -4.08. The van der Waals surface area contributed by atoms with E-state index in [1.807, 2.05) is 0 Å². The van der Waals surface area contributed by atoms with Crippen LogP contribution in [0.5, 0.6) is 0 Å².